The van der Waals surface area contributed by atoms with Crippen molar-refractivity contribution in [3.8, 4) is 5.75 Å². The molecule has 1 saturated heterocycles. The second-order valence-electron chi connectivity index (χ2n) is 13.2. The summed E-state index contributed by atoms with van der Waals surface area (Å²) in [6, 6.07) is 15.9. The van der Waals surface area contributed by atoms with Crippen LogP contribution < -0.4 is 4.74 Å². The van der Waals surface area contributed by atoms with Crippen molar-refractivity contribution in [1.29, 1.82) is 0 Å². The molecule has 2 atom stereocenters. The van der Waals surface area contributed by atoms with E-state index >= 15 is 0 Å². The minimum atomic E-state index is 0.0610. The van der Waals surface area contributed by atoms with Crippen molar-refractivity contribution in [3.63, 3.8) is 0 Å². The predicted molar refractivity (Wildman–Crippen MR) is 177 cm³/mol. The van der Waals surface area contributed by atoms with Crippen molar-refractivity contribution < 1.29 is 9.53 Å². The molecule has 232 valence electrons. The van der Waals surface area contributed by atoms with Gasteiger partial charge in [0, 0.05) is 54.7 Å². The van der Waals surface area contributed by atoms with Crippen LogP contribution in [0.15, 0.2) is 71.4 Å². The average Bonchev–Trinajstić information content (AvgIpc) is 3.35. The van der Waals surface area contributed by atoms with Gasteiger partial charge in [0.25, 0.3) is 5.91 Å². The van der Waals surface area contributed by atoms with E-state index in [1.54, 1.807) is 5.01 Å². The lowest BCUT2D eigenvalue weighted by Gasteiger charge is -2.36. The van der Waals surface area contributed by atoms with E-state index in [0.717, 1.165) is 86.1 Å². The molecule has 1 saturated carbocycles. The van der Waals surface area contributed by atoms with E-state index in [-0.39, 0.29) is 11.8 Å². The monoisotopic (exact) mass is 612 g/mol. The van der Waals surface area contributed by atoms with Crippen molar-refractivity contribution in [1.82, 2.24) is 14.8 Å². The van der Waals surface area contributed by atoms with Gasteiger partial charge in [-0.3, -0.25) is 14.6 Å². The standard InChI is InChI=1S/C37H45ClN4O2/c38-30-14-11-27(12-15-30)24-36-34-9-1-2-10-35(34)37(43)42(39-36)26-32-8-4-19-40(32)20-5-23-44-33-16-13-28-17-21-41(31-6-3-7-31)22-18-29(28)25-33/h1-2,10-16,25,31-32,34H,3-9,17-24,26H2/t32-,34?/m0/s1. The number of hydrogen-bond acceptors (Lipinski definition) is 5. The molecule has 2 fully saturated rings. The summed E-state index contributed by atoms with van der Waals surface area (Å²) in [5, 5.41) is 7.49. The summed E-state index contributed by atoms with van der Waals surface area (Å²) in [6.45, 7) is 5.77. The van der Waals surface area contributed by atoms with Crippen molar-refractivity contribution in [3.05, 3.63) is 88.0 Å². The molecule has 6 nitrogen and oxygen atoms in total. The van der Waals surface area contributed by atoms with Gasteiger partial charge < -0.3 is 4.74 Å². The van der Waals surface area contributed by atoms with Crippen LogP contribution in [0.3, 0.4) is 0 Å². The maximum atomic E-state index is 13.6. The molecular formula is C37H45ClN4O2. The van der Waals surface area contributed by atoms with Crippen LogP contribution in [0, 0.1) is 5.92 Å². The minimum Gasteiger partial charge on any atom is -0.494 e. The van der Waals surface area contributed by atoms with Gasteiger partial charge in [-0.15, -0.1) is 0 Å². The van der Waals surface area contributed by atoms with E-state index in [4.69, 9.17) is 21.4 Å². The first-order valence-corrected chi connectivity index (χ1v) is 17.2. The maximum Gasteiger partial charge on any atom is 0.270 e. The highest BCUT2D eigenvalue weighted by atomic mass is 35.5. The number of benzene rings is 2. The van der Waals surface area contributed by atoms with Gasteiger partial charge in [-0.25, -0.2) is 5.01 Å². The van der Waals surface area contributed by atoms with Crippen molar-refractivity contribution in [2.75, 3.05) is 39.3 Å². The molecule has 3 heterocycles. The Bertz CT molecular complexity index is 1430. The number of allylic oxidation sites excluding steroid dienone is 3. The first kappa shape index (κ1) is 29.8. The number of amides is 1. The van der Waals surface area contributed by atoms with Gasteiger partial charge in [-0.1, -0.05) is 54.4 Å². The number of carbonyl (C=O) groups is 1. The zero-order chi connectivity index (χ0) is 29.9. The lowest BCUT2D eigenvalue weighted by atomic mass is 9.83. The van der Waals surface area contributed by atoms with Crippen LogP contribution >= 0.6 is 11.6 Å². The second kappa shape index (κ2) is 13.6. The molecule has 2 aromatic carbocycles. The van der Waals surface area contributed by atoms with Gasteiger partial charge in [0.1, 0.15) is 5.75 Å². The number of hydrazone groups is 1. The van der Waals surface area contributed by atoms with Gasteiger partial charge in [0.2, 0.25) is 0 Å². The van der Waals surface area contributed by atoms with Crippen LogP contribution in [-0.4, -0.2) is 77.8 Å². The Hall–Kier alpha value is -2.93. The fourth-order valence-electron chi connectivity index (χ4n) is 7.66. The Morgan fingerprint density at radius 3 is 2.61 bits per heavy atom. The molecule has 2 aromatic rings. The first-order valence-electron chi connectivity index (χ1n) is 16.8. The molecule has 0 aromatic heterocycles. The summed E-state index contributed by atoms with van der Waals surface area (Å²) in [7, 11) is 0. The molecule has 5 aliphatic rings. The number of likely N-dealkylation sites (tertiary alicyclic amines) is 1. The third-order valence-corrected chi connectivity index (χ3v) is 10.7. The van der Waals surface area contributed by atoms with Crippen molar-refractivity contribution >= 4 is 23.2 Å². The van der Waals surface area contributed by atoms with Crippen LogP contribution in [0.4, 0.5) is 0 Å². The lowest BCUT2D eigenvalue weighted by molar-refractivity contribution is -0.129. The smallest absolute Gasteiger partial charge is 0.270 e. The molecule has 44 heavy (non-hydrogen) atoms. The van der Waals surface area contributed by atoms with Crippen molar-refractivity contribution in [2.45, 2.75) is 76.3 Å². The summed E-state index contributed by atoms with van der Waals surface area (Å²) in [4.78, 5) is 18.8. The maximum absolute atomic E-state index is 13.6. The molecule has 7 rings (SSSR count). The molecule has 0 radical (unpaired) electrons. The average molecular weight is 613 g/mol. The van der Waals surface area contributed by atoms with Gasteiger partial charge in [0.05, 0.1) is 18.9 Å². The second-order valence-corrected chi connectivity index (χ2v) is 13.6. The zero-order valence-corrected chi connectivity index (χ0v) is 26.6. The fourth-order valence-corrected chi connectivity index (χ4v) is 7.78. The van der Waals surface area contributed by atoms with Crippen LogP contribution in [0.2, 0.25) is 5.02 Å². The Morgan fingerprint density at radius 2 is 1.80 bits per heavy atom. The first-order chi connectivity index (χ1) is 21.6. The molecule has 3 aliphatic heterocycles. The Labute approximate surface area is 267 Å². The quantitative estimate of drug-likeness (QED) is 0.289. The van der Waals surface area contributed by atoms with Gasteiger partial charge in [0.15, 0.2) is 0 Å². The molecule has 2 aliphatic carbocycles. The number of halogens is 1. The Kier molecular flexibility index (Phi) is 9.20. The van der Waals surface area contributed by atoms with Crippen LogP contribution in [0.1, 0.15) is 61.6 Å². The van der Waals surface area contributed by atoms with E-state index in [1.807, 2.05) is 24.3 Å². The SMILES string of the molecule is O=C1C2=CC=CCC2C(Cc2ccc(Cl)cc2)=NN1C[C@@H]1CCCN1CCCOc1ccc2c(c1)CCN(C1CCC1)CC2. The summed E-state index contributed by atoms with van der Waals surface area (Å²) >= 11 is 6.13. The minimum absolute atomic E-state index is 0.0610. The molecule has 0 N–H and O–H groups in total. The summed E-state index contributed by atoms with van der Waals surface area (Å²) < 4.78 is 6.27. The Morgan fingerprint density at radius 1 is 0.955 bits per heavy atom. The van der Waals surface area contributed by atoms with Gasteiger partial charge >= 0.3 is 0 Å². The lowest BCUT2D eigenvalue weighted by Crippen LogP contribution is -2.46. The number of carbonyl (C=O) groups excluding carboxylic acids is 1. The molecule has 1 amide bonds. The fraction of sp³-hybridized carbons (Fsp3) is 0.514. The largest absolute Gasteiger partial charge is 0.494 e. The summed E-state index contributed by atoms with van der Waals surface area (Å²) in [5.41, 5.74) is 6.08. The molecular weight excluding hydrogens is 568 g/mol. The van der Waals surface area contributed by atoms with Gasteiger partial charge in [-0.05, 0) is 98.9 Å². The third-order valence-electron chi connectivity index (χ3n) is 10.4. The normalized spacial score (nSPS) is 24.3. The number of fused-ring (bicyclic) bond motifs is 2. The van der Waals surface area contributed by atoms with Crippen LogP contribution in [0.25, 0.3) is 0 Å². The van der Waals surface area contributed by atoms with Crippen LogP contribution in [0.5, 0.6) is 5.75 Å². The van der Waals surface area contributed by atoms with Gasteiger partial charge in [-0.2, -0.15) is 5.10 Å². The molecule has 0 spiro atoms. The van der Waals surface area contributed by atoms with E-state index in [1.165, 1.54) is 49.0 Å². The topological polar surface area (TPSA) is 48.4 Å². The van der Waals surface area contributed by atoms with E-state index in [0.29, 0.717) is 19.2 Å². The van der Waals surface area contributed by atoms with Crippen molar-refractivity contribution in [2.24, 2.45) is 11.0 Å². The van der Waals surface area contributed by atoms with E-state index < -0.39 is 0 Å². The number of hydrogen-bond donors (Lipinski definition) is 0. The highest BCUT2D eigenvalue weighted by Gasteiger charge is 2.37. The highest BCUT2D eigenvalue weighted by Crippen LogP contribution is 2.32. The number of rotatable bonds is 10. The predicted octanol–water partition coefficient (Wildman–Crippen LogP) is 6.47. The molecule has 7 heteroatoms. The Balaban J connectivity index is 0.936. The number of ether oxygens (including phenoxy) is 1. The molecule has 0 bridgehead atoms. The van der Waals surface area contributed by atoms with E-state index in [9.17, 15) is 4.79 Å². The summed E-state index contributed by atoms with van der Waals surface area (Å²) in [5.74, 6) is 1.13. The number of nitrogens with zero attached hydrogens (tertiary/aromatic N) is 4. The van der Waals surface area contributed by atoms with Crippen LogP contribution in [-0.2, 0) is 24.1 Å². The van der Waals surface area contributed by atoms with E-state index in [2.05, 4.69) is 46.2 Å². The summed E-state index contributed by atoms with van der Waals surface area (Å²) in [6.07, 6.45) is 17.4. The third kappa shape index (κ3) is 6.68. The highest BCUT2D eigenvalue weighted by molar-refractivity contribution is 6.30. The zero-order valence-electron chi connectivity index (χ0n) is 25.8. The molecule has 1 unspecified atom stereocenters.